The molecule has 0 bridgehead atoms. The standard InChI is InChI=1S/C16H13BN2/c1-2-8-13-12(6-1)7-5-9-14(13)17-18-15-10-3-4-11-16(15)19-17/h1-11,18-19H. The van der Waals surface area contributed by atoms with E-state index in [1.807, 2.05) is 0 Å². The third kappa shape index (κ3) is 1.66. The Balaban J connectivity index is 1.81. The first-order valence-corrected chi connectivity index (χ1v) is 6.51. The molecule has 0 aromatic heterocycles. The molecule has 0 unspecified atom stereocenters. The summed E-state index contributed by atoms with van der Waals surface area (Å²) in [6, 6.07) is 23.3. The highest BCUT2D eigenvalue weighted by Crippen LogP contribution is 2.27. The average Bonchev–Trinajstić information content (AvgIpc) is 2.90. The maximum absolute atomic E-state index is 3.53. The lowest BCUT2D eigenvalue weighted by molar-refractivity contribution is 1.70. The topological polar surface area (TPSA) is 24.1 Å². The summed E-state index contributed by atoms with van der Waals surface area (Å²) >= 11 is 0. The second kappa shape index (κ2) is 4.06. The molecule has 0 radical (unpaired) electrons. The van der Waals surface area contributed by atoms with E-state index in [1.165, 1.54) is 27.6 Å². The van der Waals surface area contributed by atoms with E-state index in [4.69, 9.17) is 0 Å². The van der Waals surface area contributed by atoms with Crippen LogP contribution < -0.4 is 15.9 Å². The highest BCUT2D eigenvalue weighted by atomic mass is 15.0. The molecule has 2 N–H and O–H groups in total. The zero-order valence-corrected chi connectivity index (χ0v) is 10.4. The van der Waals surface area contributed by atoms with E-state index in [-0.39, 0.29) is 6.98 Å². The van der Waals surface area contributed by atoms with Gasteiger partial charge >= 0.3 is 6.98 Å². The molecule has 3 aromatic rings. The lowest BCUT2D eigenvalue weighted by Crippen LogP contribution is -2.42. The molecule has 3 heteroatoms. The van der Waals surface area contributed by atoms with Gasteiger partial charge in [0.2, 0.25) is 0 Å². The molecule has 1 aliphatic rings. The van der Waals surface area contributed by atoms with Gasteiger partial charge in [-0.3, -0.25) is 0 Å². The van der Waals surface area contributed by atoms with Gasteiger partial charge in [-0.25, -0.2) is 0 Å². The Labute approximate surface area is 112 Å². The van der Waals surface area contributed by atoms with Crippen LogP contribution in [0.1, 0.15) is 0 Å². The molecular weight excluding hydrogens is 231 g/mol. The number of rotatable bonds is 1. The van der Waals surface area contributed by atoms with Crippen molar-refractivity contribution in [1.29, 1.82) is 0 Å². The largest absolute Gasteiger partial charge is 0.406 e. The van der Waals surface area contributed by atoms with Crippen LogP contribution in [0, 0.1) is 0 Å². The van der Waals surface area contributed by atoms with Crippen molar-refractivity contribution in [2.45, 2.75) is 0 Å². The van der Waals surface area contributed by atoms with Crippen LogP contribution in [0.5, 0.6) is 0 Å². The van der Waals surface area contributed by atoms with Gasteiger partial charge < -0.3 is 10.5 Å². The van der Waals surface area contributed by atoms with Crippen molar-refractivity contribution < 1.29 is 0 Å². The maximum atomic E-state index is 3.53. The molecule has 0 spiro atoms. The zero-order valence-electron chi connectivity index (χ0n) is 10.4. The van der Waals surface area contributed by atoms with Crippen molar-refractivity contribution in [3.05, 3.63) is 66.7 Å². The molecule has 0 saturated carbocycles. The van der Waals surface area contributed by atoms with E-state index in [0.29, 0.717) is 0 Å². The highest BCUT2D eigenvalue weighted by Gasteiger charge is 2.27. The number of fused-ring (bicyclic) bond motifs is 2. The van der Waals surface area contributed by atoms with Gasteiger partial charge in [0.1, 0.15) is 0 Å². The van der Waals surface area contributed by atoms with Gasteiger partial charge in [0.05, 0.1) is 0 Å². The molecule has 0 amide bonds. The third-order valence-electron chi connectivity index (χ3n) is 3.66. The Hall–Kier alpha value is -2.42. The van der Waals surface area contributed by atoms with Crippen LogP contribution in [0.2, 0.25) is 0 Å². The molecule has 1 aliphatic heterocycles. The molecule has 3 aromatic carbocycles. The Morgan fingerprint density at radius 3 is 2.05 bits per heavy atom. The van der Waals surface area contributed by atoms with Crippen LogP contribution in [0.15, 0.2) is 66.7 Å². The first-order chi connectivity index (χ1) is 9.42. The lowest BCUT2D eigenvalue weighted by atomic mass is 9.67. The van der Waals surface area contributed by atoms with E-state index >= 15 is 0 Å². The Kier molecular flexibility index (Phi) is 2.24. The number of nitrogens with one attached hydrogen (secondary N) is 2. The monoisotopic (exact) mass is 244 g/mol. The lowest BCUT2D eigenvalue weighted by Gasteiger charge is -2.11. The molecule has 0 fully saturated rings. The summed E-state index contributed by atoms with van der Waals surface area (Å²) in [4.78, 5) is 0. The predicted octanol–water partition coefficient (Wildman–Crippen LogP) is 3.07. The first kappa shape index (κ1) is 10.5. The van der Waals surface area contributed by atoms with Crippen molar-refractivity contribution in [1.82, 2.24) is 0 Å². The van der Waals surface area contributed by atoms with E-state index in [2.05, 4.69) is 77.2 Å². The van der Waals surface area contributed by atoms with Crippen molar-refractivity contribution in [2.24, 2.45) is 0 Å². The second-order valence-electron chi connectivity index (χ2n) is 4.84. The van der Waals surface area contributed by atoms with Crippen molar-refractivity contribution in [3.8, 4) is 0 Å². The molecular formula is C16H13BN2. The van der Waals surface area contributed by atoms with Gasteiger partial charge in [-0.15, -0.1) is 0 Å². The van der Waals surface area contributed by atoms with Crippen LogP contribution in [0.25, 0.3) is 10.8 Å². The number of hydrogen-bond acceptors (Lipinski definition) is 2. The van der Waals surface area contributed by atoms with E-state index in [0.717, 1.165) is 0 Å². The summed E-state index contributed by atoms with van der Waals surface area (Å²) < 4.78 is 0. The van der Waals surface area contributed by atoms with E-state index in [1.54, 1.807) is 0 Å². The Morgan fingerprint density at radius 2 is 1.26 bits per heavy atom. The number of para-hydroxylation sites is 2. The van der Waals surface area contributed by atoms with Crippen LogP contribution in [0.3, 0.4) is 0 Å². The average molecular weight is 244 g/mol. The number of benzene rings is 3. The smallest absolute Gasteiger partial charge is 0.404 e. The van der Waals surface area contributed by atoms with E-state index in [9.17, 15) is 0 Å². The summed E-state index contributed by atoms with van der Waals surface area (Å²) in [6.45, 7) is 0.142. The summed E-state index contributed by atoms with van der Waals surface area (Å²) in [7, 11) is 0. The van der Waals surface area contributed by atoms with Gasteiger partial charge in [0, 0.05) is 11.4 Å². The molecule has 0 saturated heterocycles. The van der Waals surface area contributed by atoms with Gasteiger partial charge in [0.25, 0.3) is 0 Å². The van der Waals surface area contributed by atoms with Crippen LogP contribution in [0.4, 0.5) is 11.4 Å². The molecule has 0 atom stereocenters. The third-order valence-corrected chi connectivity index (χ3v) is 3.66. The number of anilines is 2. The van der Waals surface area contributed by atoms with Crippen molar-refractivity contribution in [2.75, 3.05) is 10.5 Å². The van der Waals surface area contributed by atoms with Crippen LogP contribution in [-0.2, 0) is 0 Å². The van der Waals surface area contributed by atoms with Crippen molar-refractivity contribution >= 4 is 34.6 Å². The minimum absolute atomic E-state index is 0.142. The summed E-state index contributed by atoms with van der Waals surface area (Å²) in [5.41, 5.74) is 3.62. The normalized spacial score (nSPS) is 12.9. The van der Waals surface area contributed by atoms with Gasteiger partial charge in [0.15, 0.2) is 0 Å². The fourth-order valence-electron chi connectivity index (χ4n) is 2.74. The van der Waals surface area contributed by atoms with Crippen LogP contribution in [-0.4, -0.2) is 6.98 Å². The molecule has 19 heavy (non-hydrogen) atoms. The molecule has 90 valence electrons. The minimum atomic E-state index is 0.142. The second-order valence-corrected chi connectivity index (χ2v) is 4.84. The maximum Gasteiger partial charge on any atom is 0.406 e. The fraction of sp³-hybridized carbons (Fsp3) is 0. The quantitative estimate of drug-likeness (QED) is 0.643. The number of hydrogen-bond donors (Lipinski definition) is 2. The van der Waals surface area contributed by atoms with Gasteiger partial charge in [-0.1, -0.05) is 54.6 Å². The van der Waals surface area contributed by atoms with Gasteiger partial charge in [-0.2, -0.15) is 0 Å². The zero-order chi connectivity index (χ0) is 12.7. The Bertz CT molecular complexity index is 724. The SMILES string of the molecule is c1ccc2c(c1)NB(c1cccc3ccccc13)N2. The summed E-state index contributed by atoms with van der Waals surface area (Å²) in [5, 5.41) is 9.64. The molecule has 4 rings (SSSR count). The van der Waals surface area contributed by atoms with Crippen LogP contribution >= 0.6 is 0 Å². The summed E-state index contributed by atoms with van der Waals surface area (Å²) in [5.74, 6) is 0. The van der Waals surface area contributed by atoms with E-state index < -0.39 is 0 Å². The highest BCUT2D eigenvalue weighted by molar-refractivity contribution is 6.82. The Morgan fingerprint density at radius 1 is 0.632 bits per heavy atom. The minimum Gasteiger partial charge on any atom is -0.404 e. The molecule has 2 nitrogen and oxygen atoms in total. The molecule has 1 heterocycles. The summed E-state index contributed by atoms with van der Waals surface area (Å²) in [6.07, 6.45) is 0. The fourth-order valence-corrected chi connectivity index (χ4v) is 2.74. The van der Waals surface area contributed by atoms with Crippen molar-refractivity contribution in [3.63, 3.8) is 0 Å². The predicted molar refractivity (Wildman–Crippen MR) is 83.0 cm³/mol. The first-order valence-electron chi connectivity index (χ1n) is 6.51. The molecule has 0 aliphatic carbocycles. The van der Waals surface area contributed by atoms with Gasteiger partial charge in [-0.05, 0) is 28.4 Å².